The maximum absolute atomic E-state index is 13.7. The van der Waals surface area contributed by atoms with Crippen molar-refractivity contribution >= 4 is 44.6 Å². The van der Waals surface area contributed by atoms with Gasteiger partial charge in [0.05, 0.1) is 17.9 Å². The van der Waals surface area contributed by atoms with E-state index >= 15 is 0 Å². The summed E-state index contributed by atoms with van der Waals surface area (Å²) in [6, 6.07) is 7.88. The van der Waals surface area contributed by atoms with E-state index in [-0.39, 0.29) is 34.0 Å². The summed E-state index contributed by atoms with van der Waals surface area (Å²) in [6.07, 6.45) is 0.664. The van der Waals surface area contributed by atoms with Gasteiger partial charge in [0.15, 0.2) is 0 Å². The summed E-state index contributed by atoms with van der Waals surface area (Å²) in [5.74, 6) is -0.0878. The molecule has 0 unspecified atom stereocenters. The SMILES string of the molecule is Cc1csc(S(=O)(=O)N(CC(C)C)c2cc3c(cc2OCc2ccc(C(=O)O)cc2Cl)OCC3)n1. The van der Waals surface area contributed by atoms with Crippen molar-refractivity contribution in [1.82, 2.24) is 4.98 Å². The van der Waals surface area contributed by atoms with Crippen LogP contribution >= 0.6 is 22.9 Å². The monoisotopic (exact) mass is 536 g/mol. The van der Waals surface area contributed by atoms with E-state index < -0.39 is 16.0 Å². The Hall–Kier alpha value is -2.82. The van der Waals surface area contributed by atoms with Crippen LogP contribution in [-0.2, 0) is 23.1 Å². The minimum Gasteiger partial charge on any atom is -0.493 e. The molecule has 0 spiro atoms. The highest BCUT2D eigenvalue weighted by molar-refractivity contribution is 7.94. The van der Waals surface area contributed by atoms with Gasteiger partial charge in [-0.25, -0.2) is 9.78 Å². The fraction of sp³-hybridized carbons (Fsp3) is 0.333. The van der Waals surface area contributed by atoms with Crippen molar-refractivity contribution in [3.05, 3.63) is 63.1 Å². The Balaban J connectivity index is 1.75. The van der Waals surface area contributed by atoms with Crippen LogP contribution < -0.4 is 13.8 Å². The number of carbonyl (C=O) groups is 1. The Kier molecular flexibility index (Phi) is 7.25. The third-order valence-electron chi connectivity index (χ3n) is 5.36. The van der Waals surface area contributed by atoms with Gasteiger partial charge in [0, 0.05) is 40.7 Å². The summed E-state index contributed by atoms with van der Waals surface area (Å²) in [5.41, 5.74) is 2.57. The predicted molar refractivity (Wildman–Crippen MR) is 135 cm³/mol. The molecule has 2 heterocycles. The Bertz CT molecular complexity index is 1370. The van der Waals surface area contributed by atoms with Crippen molar-refractivity contribution in [3.63, 3.8) is 0 Å². The van der Waals surface area contributed by atoms with E-state index in [9.17, 15) is 13.2 Å². The van der Waals surface area contributed by atoms with Gasteiger partial charge in [-0.2, -0.15) is 8.42 Å². The molecule has 1 N–H and O–H groups in total. The minimum atomic E-state index is -3.95. The molecule has 0 amide bonds. The molecule has 2 aromatic carbocycles. The van der Waals surface area contributed by atoms with E-state index in [1.54, 1.807) is 30.5 Å². The molecule has 1 aliphatic rings. The van der Waals surface area contributed by atoms with E-state index in [1.165, 1.54) is 16.4 Å². The molecule has 1 aliphatic heterocycles. The number of nitrogens with zero attached hydrogens (tertiary/aromatic N) is 2. The molecule has 0 aliphatic carbocycles. The normalized spacial score (nSPS) is 12.9. The number of thiazole rings is 1. The molecule has 8 nitrogen and oxygen atoms in total. The summed E-state index contributed by atoms with van der Waals surface area (Å²) in [4.78, 5) is 15.4. The first-order chi connectivity index (χ1) is 16.6. The van der Waals surface area contributed by atoms with Crippen LogP contribution in [0.3, 0.4) is 0 Å². The number of halogens is 1. The number of benzene rings is 2. The van der Waals surface area contributed by atoms with Crippen LogP contribution in [0.2, 0.25) is 5.02 Å². The van der Waals surface area contributed by atoms with Crippen LogP contribution in [0.1, 0.15) is 41.0 Å². The van der Waals surface area contributed by atoms with Gasteiger partial charge < -0.3 is 14.6 Å². The molecule has 0 saturated heterocycles. The van der Waals surface area contributed by atoms with Gasteiger partial charge in [-0.3, -0.25) is 4.31 Å². The van der Waals surface area contributed by atoms with E-state index in [1.807, 2.05) is 13.8 Å². The lowest BCUT2D eigenvalue weighted by molar-refractivity contribution is 0.0696. The Labute approximate surface area is 213 Å². The average molecular weight is 537 g/mol. The molecule has 1 aromatic heterocycles. The number of sulfonamides is 1. The predicted octanol–water partition coefficient (Wildman–Crippen LogP) is 5.17. The largest absolute Gasteiger partial charge is 0.493 e. The Morgan fingerprint density at radius 2 is 2.09 bits per heavy atom. The van der Waals surface area contributed by atoms with Crippen molar-refractivity contribution in [2.24, 2.45) is 5.92 Å². The second-order valence-electron chi connectivity index (χ2n) is 8.61. The van der Waals surface area contributed by atoms with Gasteiger partial charge >= 0.3 is 5.97 Å². The molecule has 0 radical (unpaired) electrons. The molecular formula is C24H25ClN2O6S2. The number of aryl methyl sites for hydroxylation is 1. The first-order valence-corrected chi connectivity index (χ1v) is 13.6. The lowest BCUT2D eigenvalue weighted by atomic mass is 10.1. The van der Waals surface area contributed by atoms with Crippen LogP contribution in [0, 0.1) is 12.8 Å². The number of ether oxygens (including phenoxy) is 2. The zero-order chi connectivity index (χ0) is 25.3. The van der Waals surface area contributed by atoms with Crippen molar-refractivity contribution in [2.75, 3.05) is 17.5 Å². The second-order valence-corrected chi connectivity index (χ2v) is 11.9. The summed E-state index contributed by atoms with van der Waals surface area (Å²) < 4.78 is 40.5. The molecule has 35 heavy (non-hydrogen) atoms. The highest BCUT2D eigenvalue weighted by atomic mass is 35.5. The molecule has 0 atom stereocenters. The van der Waals surface area contributed by atoms with E-state index in [4.69, 9.17) is 26.2 Å². The molecular weight excluding hydrogens is 512 g/mol. The smallest absolute Gasteiger partial charge is 0.335 e. The number of aromatic nitrogens is 1. The standard InChI is InChI=1S/C24H25ClN2O6S2/c1-14(2)11-27(35(30,31)24-26-15(3)13-34-24)20-9-16-6-7-32-21(16)10-22(20)33-12-18-5-4-17(23(28)29)8-19(18)25/h4-5,8-10,13-14H,6-7,11-12H2,1-3H3,(H,28,29). The van der Waals surface area contributed by atoms with Crippen LogP contribution in [0.5, 0.6) is 11.5 Å². The third kappa shape index (κ3) is 5.39. The van der Waals surface area contributed by atoms with Crippen LogP contribution in [0.25, 0.3) is 0 Å². The third-order valence-corrected chi connectivity index (χ3v) is 8.85. The molecule has 0 bridgehead atoms. The molecule has 11 heteroatoms. The number of carboxylic acids is 1. The zero-order valence-electron chi connectivity index (χ0n) is 19.4. The fourth-order valence-electron chi connectivity index (χ4n) is 3.66. The van der Waals surface area contributed by atoms with E-state index in [0.717, 1.165) is 16.9 Å². The zero-order valence-corrected chi connectivity index (χ0v) is 21.8. The van der Waals surface area contributed by atoms with Gasteiger partial charge in [-0.1, -0.05) is 31.5 Å². The number of hydrogen-bond acceptors (Lipinski definition) is 7. The lowest BCUT2D eigenvalue weighted by Crippen LogP contribution is -2.34. The van der Waals surface area contributed by atoms with Crippen molar-refractivity contribution in [3.8, 4) is 11.5 Å². The number of rotatable bonds is 9. The molecule has 3 aromatic rings. The summed E-state index contributed by atoms with van der Waals surface area (Å²) >= 11 is 7.36. The maximum Gasteiger partial charge on any atom is 0.335 e. The van der Waals surface area contributed by atoms with Crippen LogP contribution in [-0.4, -0.2) is 37.6 Å². The molecule has 0 saturated carbocycles. The summed E-state index contributed by atoms with van der Waals surface area (Å²) in [6.45, 7) is 6.38. The number of anilines is 1. The maximum atomic E-state index is 13.7. The van der Waals surface area contributed by atoms with Gasteiger partial charge in [-0.05, 0) is 36.6 Å². The quantitative estimate of drug-likeness (QED) is 0.402. The summed E-state index contributed by atoms with van der Waals surface area (Å²) in [5, 5.41) is 11.1. The summed E-state index contributed by atoms with van der Waals surface area (Å²) in [7, 11) is -3.95. The number of fused-ring (bicyclic) bond motifs is 1. The average Bonchev–Trinajstić information content (AvgIpc) is 3.44. The molecule has 0 fully saturated rings. The fourth-order valence-corrected chi connectivity index (χ4v) is 6.66. The number of carboxylic acid groups (broad SMARTS) is 1. The van der Waals surface area contributed by atoms with Gasteiger partial charge in [0.2, 0.25) is 4.34 Å². The van der Waals surface area contributed by atoms with E-state index in [2.05, 4.69) is 4.98 Å². The van der Waals surface area contributed by atoms with Crippen LogP contribution in [0.4, 0.5) is 5.69 Å². The highest BCUT2D eigenvalue weighted by Gasteiger charge is 2.32. The Morgan fingerprint density at radius 1 is 1.31 bits per heavy atom. The van der Waals surface area contributed by atoms with Crippen LogP contribution in [0.15, 0.2) is 40.1 Å². The van der Waals surface area contributed by atoms with E-state index in [0.29, 0.717) is 41.5 Å². The Morgan fingerprint density at radius 3 is 2.71 bits per heavy atom. The molecule has 4 rings (SSSR count). The number of aromatic carboxylic acids is 1. The second kappa shape index (κ2) is 10.0. The van der Waals surface area contributed by atoms with Gasteiger partial charge in [0.1, 0.15) is 18.1 Å². The van der Waals surface area contributed by atoms with Crippen molar-refractivity contribution in [2.45, 2.75) is 38.1 Å². The highest BCUT2D eigenvalue weighted by Crippen LogP contribution is 2.41. The first-order valence-electron chi connectivity index (χ1n) is 11.0. The lowest BCUT2D eigenvalue weighted by Gasteiger charge is -2.27. The van der Waals surface area contributed by atoms with Crippen molar-refractivity contribution in [1.29, 1.82) is 0 Å². The topological polar surface area (TPSA) is 106 Å². The molecule has 186 valence electrons. The number of hydrogen-bond donors (Lipinski definition) is 1. The first kappa shape index (κ1) is 25.3. The van der Waals surface area contributed by atoms with Crippen molar-refractivity contribution < 1.29 is 27.8 Å². The minimum absolute atomic E-state index is 0.0104. The van der Waals surface area contributed by atoms with Gasteiger partial charge in [-0.15, -0.1) is 11.3 Å². The van der Waals surface area contributed by atoms with Gasteiger partial charge in [0.25, 0.3) is 10.0 Å².